The summed E-state index contributed by atoms with van der Waals surface area (Å²) in [6.07, 6.45) is 5.44. The SMILES string of the molecule is Cc1[nH]ncc1-c1cnc(N)c2nc(-c3cccc(C#C[C@]4(O)CCN(C)C4=O)c3)ncc12. The Bertz CT molecular complexity index is 1470. The molecule has 9 heteroatoms. The Balaban J connectivity index is 1.53. The van der Waals surface area contributed by atoms with Crippen LogP contribution in [0.4, 0.5) is 5.82 Å². The highest BCUT2D eigenvalue weighted by Gasteiger charge is 2.42. The first-order chi connectivity index (χ1) is 15.9. The van der Waals surface area contributed by atoms with Crippen LogP contribution in [-0.4, -0.2) is 60.3 Å². The Morgan fingerprint density at radius 1 is 1.21 bits per heavy atom. The van der Waals surface area contributed by atoms with Crippen LogP contribution < -0.4 is 5.73 Å². The van der Waals surface area contributed by atoms with E-state index in [0.717, 1.165) is 27.8 Å². The number of aromatic amines is 1. The minimum Gasteiger partial charge on any atom is -0.382 e. The second kappa shape index (κ2) is 7.69. The van der Waals surface area contributed by atoms with Crippen LogP contribution in [0.5, 0.6) is 0 Å². The van der Waals surface area contributed by atoms with Crippen LogP contribution in [0.25, 0.3) is 33.4 Å². The van der Waals surface area contributed by atoms with Gasteiger partial charge < -0.3 is 15.7 Å². The summed E-state index contributed by atoms with van der Waals surface area (Å²) in [7, 11) is 1.65. The van der Waals surface area contributed by atoms with Crippen molar-refractivity contribution in [1.29, 1.82) is 0 Å². The fourth-order valence-electron chi connectivity index (χ4n) is 3.90. The van der Waals surface area contributed by atoms with Crippen molar-refractivity contribution in [2.45, 2.75) is 18.9 Å². The van der Waals surface area contributed by atoms with E-state index >= 15 is 0 Å². The number of fused-ring (bicyclic) bond motifs is 1. The van der Waals surface area contributed by atoms with Crippen LogP contribution in [0.1, 0.15) is 17.7 Å². The Morgan fingerprint density at radius 2 is 2.06 bits per heavy atom. The molecule has 4 N–H and O–H groups in total. The molecule has 1 aliphatic rings. The number of rotatable bonds is 2. The number of anilines is 1. The Hall–Kier alpha value is -4.29. The van der Waals surface area contributed by atoms with Crippen molar-refractivity contribution >= 4 is 22.6 Å². The van der Waals surface area contributed by atoms with Crippen LogP contribution in [0, 0.1) is 18.8 Å². The van der Waals surface area contributed by atoms with Crippen molar-refractivity contribution in [2.75, 3.05) is 19.3 Å². The minimum atomic E-state index is -1.65. The van der Waals surface area contributed by atoms with Crippen molar-refractivity contribution in [3.8, 4) is 34.4 Å². The number of nitrogen functional groups attached to an aromatic ring is 1. The van der Waals surface area contributed by atoms with Gasteiger partial charge in [0.25, 0.3) is 5.91 Å². The van der Waals surface area contributed by atoms with Crippen LogP contribution in [0.2, 0.25) is 0 Å². The number of carbonyl (C=O) groups is 1. The molecule has 9 nitrogen and oxygen atoms in total. The van der Waals surface area contributed by atoms with Gasteiger partial charge in [-0.2, -0.15) is 5.10 Å². The highest BCUT2D eigenvalue weighted by molar-refractivity contribution is 5.99. The van der Waals surface area contributed by atoms with E-state index in [1.165, 1.54) is 4.90 Å². The van der Waals surface area contributed by atoms with Gasteiger partial charge in [-0.15, -0.1) is 0 Å². The number of benzene rings is 1. The van der Waals surface area contributed by atoms with Crippen molar-refractivity contribution in [3.63, 3.8) is 0 Å². The molecule has 0 saturated carbocycles. The lowest BCUT2D eigenvalue weighted by Gasteiger charge is -2.13. The monoisotopic (exact) mass is 439 g/mol. The summed E-state index contributed by atoms with van der Waals surface area (Å²) in [4.78, 5) is 27.2. The molecule has 0 radical (unpaired) electrons. The highest BCUT2D eigenvalue weighted by Crippen LogP contribution is 2.31. The first-order valence-electron chi connectivity index (χ1n) is 10.4. The summed E-state index contributed by atoms with van der Waals surface area (Å²) in [6.45, 7) is 2.41. The topological polar surface area (TPSA) is 134 Å². The van der Waals surface area contributed by atoms with E-state index in [9.17, 15) is 9.90 Å². The van der Waals surface area contributed by atoms with Gasteiger partial charge in [0.05, 0.1) is 6.20 Å². The van der Waals surface area contributed by atoms with Gasteiger partial charge >= 0.3 is 0 Å². The molecular formula is C24H21N7O2. The van der Waals surface area contributed by atoms with E-state index in [-0.39, 0.29) is 12.3 Å². The molecule has 1 aliphatic heterocycles. The molecule has 1 saturated heterocycles. The zero-order valence-electron chi connectivity index (χ0n) is 18.1. The summed E-state index contributed by atoms with van der Waals surface area (Å²) < 4.78 is 0. The van der Waals surface area contributed by atoms with Gasteiger partial charge in [-0.3, -0.25) is 9.89 Å². The third-order valence-electron chi connectivity index (χ3n) is 5.82. The number of pyridine rings is 1. The molecule has 3 aromatic heterocycles. The summed E-state index contributed by atoms with van der Waals surface area (Å²) in [5.74, 6) is 6.05. The first-order valence-corrected chi connectivity index (χ1v) is 10.4. The average molecular weight is 439 g/mol. The summed E-state index contributed by atoms with van der Waals surface area (Å²) >= 11 is 0. The summed E-state index contributed by atoms with van der Waals surface area (Å²) in [6, 6.07) is 7.31. The van der Waals surface area contributed by atoms with E-state index in [0.29, 0.717) is 29.3 Å². The number of nitrogens with one attached hydrogen (secondary N) is 1. The number of H-pyrrole nitrogens is 1. The normalized spacial score (nSPS) is 17.9. The van der Waals surface area contributed by atoms with E-state index in [1.54, 1.807) is 31.7 Å². The number of amides is 1. The molecule has 0 unspecified atom stereocenters. The molecule has 33 heavy (non-hydrogen) atoms. The summed E-state index contributed by atoms with van der Waals surface area (Å²) in [5.41, 5.74) is 9.07. The fourth-order valence-corrected chi connectivity index (χ4v) is 3.90. The van der Waals surface area contributed by atoms with Gasteiger partial charge in [0.1, 0.15) is 11.3 Å². The van der Waals surface area contributed by atoms with Crippen molar-refractivity contribution in [3.05, 3.63) is 54.1 Å². The molecule has 164 valence electrons. The van der Waals surface area contributed by atoms with Gasteiger partial charge in [-0.25, -0.2) is 15.0 Å². The number of nitrogens with two attached hydrogens (primary N) is 1. The number of likely N-dealkylation sites (tertiary alicyclic amines) is 1. The molecule has 4 heterocycles. The number of aryl methyl sites for hydroxylation is 1. The molecule has 5 rings (SSSR count). The summed E-state index contributed by atoms with van der Waals surface area (Å²) in [5, 5.41) is 18.3. The second-order valence-electron chi connectivity index (χ2n) is 8.09. The van der Waals surface area contributed by atoms with E-state index in [1.807, 2.05) is 25.1 Å². The lowest BCUT2D eigenvalue weighted by molar-refractivity contribution is -0.137. The van der Waals surface area contributed by atoms with Crippen molar-refractivity contribution in [1.82, 2.24) is 30.0 Å². The quantitative estimate of drug-likeness (QED) is 0.406. The average Bonchev–Trinajstić information content (AvgIpc) is 3.37. The van der Waals surface area contributed by atoms with Crippen molar-refractivity contribution < 1.29 is 9.90 Å². The molecule has 1 aromatic carbocycles. The Labute approximate surface area is 189 Å². The fraction of sp³-hybridized carbons (Fsp3) is 0.208. The molecule has 4 aromatic rings. The maximum atomic E-state index is 12.2. The maximum Gasteiger partial charge on any atom is 0.267 e. The number of hydrogen-bond acceptors (Lipinski definition) is 7. The predicted molar refractivity (Wildman–Crippen MR) is 124 cm³/mol. The van der Waals surface area contributed by atoms with Gasteiger partial charge in [-0.1, -0.05) is 24.0 Å². The molecule has 1 fully saturated rings. The number of aromatic nitrogens is 5. The smallest absolute Gasteiger partial charge is 0.267 e. The van der Waals surface area contributed by atoms with Crippen LogP contribution in [-0.2, 0) is 4.79 Å². The number of aliphatic hydroxyl groups is 1. The molecule has 1 atom stereocenters. The van der Waals surface area contributed by atoms with E-state index in [2.05, 4.69) is 37.0 Å². The molecule has 0 bridgehead atoms. The standard InChI is InChI=1S/C24H21N7O2/c1-14-17(13-28-30-14)18-11-26-21(25)20-19(18)12-27-22(29-20)16-5-3-4-15(10-16)6-7-24(33)8-9-31(2)23(24)32/h3-5,10-13,33H,8-9H2,1-2H3,(H2,25,26)(H,28,30)/t24-/m0/s1. The third-order valence-corrected chi connectivity index (χ3v) is 5.82. The molecular weight excluding hydrogens is 418 g/mol. The highest BCUT2D eigenvalue weighted by atomic mass is 16.3. The first kappa shape index (κ1) is 20.6. The lowest BCUT2D eigenvalue weighted by Crippen LogP contribution is -2.37. The van der Waals surface area contributed by atoms with Crippen LogP contribution >= 0.6 is 0 Å². The predicted octanol–water partition coefficient (Wildman–Crippen LogP) is 1.92. The zero-order chi connectivity index (χ0) is 23.2. The Kier molecular flexibility index (Phi) is 4.80. The molecule has 1 amide bonds. The number of hydrogen-bond donors (Lipinski definition) is 3. The Morgan fingerprint density at radius 3 is 2.79 bits per heavy atom. The molecule has 0 spiro atoms. The maximum absolute atomic E-state index is 12.2. The minimum absolute atomic E-state index is 0.285. The number of likely N-dealkylation sites (N-methyl/N-ethyl adjacent to an activating group) is 1. The number of nitrogens with zero attached hydrogens (tertiary/aromatic N) is 5. The zero-order valence-corrected chi connectivity index (χ0v) is 18.1. The van der Waals surface area contributed by atoms with Crippen LogP contribution in [0.3, 0.4) is 0 Å². The third kappa shape index (κ3) is 3.56. The second-order valence-corrected chi connectivity index (χ2v) is 8.09. The van der Waals surface area contributed by atoms with Gasteiger partial charge in [0, 0.05) is 65.7 Å². The van der Waals surface area contributed by atoms with Crippen molar-refractivity contribution in [2.24, 2.45) is 0 Å². The van der Waals surface area contributed by atoms with Gasteiger partial charge in [0.2, 0.25) is 5.60 Å². The lowest BCUT2D eigenvalue weighted by atomic mass is 10.0. The van der Waals surface area contributed by atoms with E-state index in [4.69, 9.17) is 5.73 Å². The van der Waals surface area contributed by atoms with Gasteiger partial charge in [0.15, 0.2) is 5.82 Å². The van der Waals surface area contributed by atoms with Crippen LogP contribution in [0.15, 0.2) is 42.9 Å². The number of carbonyl (C=O) groups excluding carboxylic acids is 1. The molecule has 0 aliphatic carbocycles. The van der Waals surface area contributed by atoms with Gasteiger partial charge in [-0.05, 0) is 19.1 Å². The van der Waals surface area contributed by atoms with E-state index < -0.39 is 5.60 Å². The largest absolute Gasteiger partial charge is 0.382 e.